The summed E-state index contributed by atoms with van der Waals surface area (Å²) in [6, 6.07) is 27.1. The number of amides is 6. The second-order valence-corrected chi connectivity index (χ2v) is 24.5. The first-order valence-corrected chi connectivity index (χ1v) is 30.4. The van der Waals surface area contributed by atoms with Gasteiger partial charge in [-0.15, -0.1) is 0 Å². The van der Waals surface area contributed by atoms with Gasteiger partial charge in [0.25, 0.3) is 18.3 Å². The van der Waals surface area contributed by atoms with E-state index in [1.807, 2.05) is 24.3 Å². The maximum atomic E-state index is 12.7. The van der Waals surface area contributed by atoms with Gasteiger partial charge in [0.2, 0.25) is 6.79 Å². The quantitative estimate of drug-likeness (QED) is 0.0158. The van der Waals surface area contributed by atoms with E-state index < -0.39 is 72.7 Å². The van der Waals surface area contributed by atoms with Gasteiger partial charge < -0.3 is 80.9 Å². The van der Waals surface area contributed by atoms with Gasteiger partial charge in [-0.2, -0.15) is 0 Å². The Morgan fingerprint density at radius 2 is 0.979 bits per heavy atom. The Balaban J connectivity index is 0. The summed E-state index contributed by atoms with van der Waals surface area (Å²) in [5.74, 6) is -1.14. The Kier molecular flexibility index (Phi) is 43.9. The zero-order valence-electron chi connectivity index (χ0n) is 57.8. The molecule has 0 aliphatic carbocycles. The smallest absolute Gasteiger partial charge is 1.00 e. The SMILES string of the molecule is CC(C)(C)OC(=O)N[C@@H]1CCCN(C(=O)OCCl)C1.CC(C)(C)OC(=O)N[C@@H]1CCCN(C(=O)OCOC(=O)C(C)(C)Oc2ccc(CCNC(=O)c3ccc(Cl)cc3)cc2)C1.CC(C)(Oc1ccc(CCNC(=O)c2ccc(Cl)cc2)cc1)C(=O)O.O=CO[O-].[2H]CF.[Cs+].[Cs+].[H-]. The molecule has 0 spiro atoms. The molecule has 5 N–H and O–H groups in total. The molecule has 6 amide bonds. The van der Waals surface area contributed by atoms with Gasteiger partial charge >= 0.3 is 174 Å². The molecule has 25 nitrogen and oxygen atoms in total. The van der Waals surface area contributed by atoms with Crippen LogP contribution in [-0.2, 0) is 55.8 Å². The fourth-order valence-corrected chi connectivity index (χ4v) is 8.52. The predicted molar refractivity (Wildman–Crippen MR) is 343 cm³/mol. The van der Waals surface area contributed by atoms with Crippen LogP contribution in [0.15, 0.2) is 97.1 Å². The molecule has 95 heavy (non-hydrogen) atoms. The Bertz CT molecular complexity index is 3030. The van der Waals surface area contributed by atoms with Crippen LogP contribution in [0.4, 0.5) is 23.6 Å². The van der Waals surface area contributed by atoms with Gasteiger partial charge in [0, 0.05) is 72.5 Å². The number of piperidine rings is 2. The van der Waals surface area contributed by atoms with Crippen molar-refractivity contribution in [3.63, 3.8) is 0 Å². The van der Waals surface area contributed by atoms with Crippen LogP contribution in [-0.4, -0.2) is 163 Å². The average molecular weight is 1640 g/mol. The minimum atomic E-state index is -1.35. The van der Waals surface area contributed by atoms with Gasteiger partial charge in [0.1, 0.15) is 22.7 Å². The summed E-state index contributed by atoms with van der Waals surface area (Å²) in [5.41, 5.74) is -0.719. The monoisotopic (exact) mass is 1630 g/mol. The molecule has 0 radical (unpaired) electrons. The molecule has 2 aliphatic heterocycles. The normalized spacial score (nSPS) is 14.2. The van der Waals surface area contributed by atoms with Crippen LogP contribution in [0, 0.1) is 0 Å². The molecule has 0 unspecified atom stereocenters. The number of carbonyl (C=O) groups is 9. The van der Waals surface area contributed by atoms with Crippen molar-refractivity contribution in [3.8, 4) is 11.5 Å². The largest absolute Gasteiger partial charge is 1.00 e. The number of carbonyl (C=O) groups excluding carboxylic acids is 8. The first-order chi connectivity index (χ1) is 44.1. The van der Waals surface area contributed by atoms with E-state index >= 15 is 0 Å². The summed E-state index contributed by atoms with van der Waals surface area (Å²) in [6.07, 6.45) is 2.13. The fraction of sp³-hybridized carbons (Fsp3) is 0.484. The van der Waals surface area contributed by atoms with Crippen LogP contribution >= 0.6 is 34.8 Å². The van der Waals surface area contributed by atoms with Gasteiger partial charge in [0.05, 0.1) is 8.52 Å². The molecule has 2 saturated heterocycles. The number of carboxylic acids is 1. The Labute approximate surface area is 689 Å². The number of nitrogens with one attached hydrogen (secondary N) is 4. The molecule has 0 aromatic heterocycles. The van der Waals surface area contributed by atoms with E-state index in [9.17, 15) is 42.7 Å². The first kappa shape index (κ1) is 88.8. The summed E-state index contributed by atoms with van der Waals surface area (Å²) in [6.45, 7) is 18.7. The van der Waals surface area contributed by atoms with Crippen molar-refractivity contribution in [1.29, 1.82) is 0 Å². The van der Waals surface area contributed by atoms with Gasteiger partial charge in [-0.1, -0.05) is 59.1 Å². The van der Waals surface area contributed by atoms with Crippen molar-refractivity contribution in [1.82, 2.24) is 31.1 Å². The molecule has 2 aliphatic rings. The number of carboxylic acid groups (broad SMARTS) is 1. The van der Waals surface area contributed by atoms with Crippen LogP contribution in [0.3, 0.4) is 0 Å². The van der Waals surface area contributed by atoms with Gasteiger partial charge in [0.15, 0.2) is 17.3 Å². The van der Waals surface area contributed by atoms with Crippen LogP contribution in [0.5, 0.6) is 11.5 Å². The number of hydrogen-bond donors (Lipinski definition) is 5. The molecule has 2 atom stereocenters. The molecular weight excluding hydrogens is 1550 g/mol. The van der Waals surface area contributed by atoms with Crippen molar-refractivity contribution in [2.24, 2.45) is 0 Å². The number of benzene rings is 4. The molecule has 4 aromatic rings. The third-order valence-corrected chi connectivity index (χ3v) is 13.2. The van der Waals surface area contributed by atoms with Gasteiger partial charge in [-0.3, -0.25) is 18.8 Å². The average Bonchev–Trinajstić information content (AvgIpc) is 0.918. The topological polar surface area (TPSA) is 325 Å². The van der Waals surface area contributed by atoms with Crippen molar-refractivity contribution in [2.75, 3.05) is 59.3 Å². The number of hydrogen-bond acceptors (Lipinski definition) is 18. The number of esters is 1. The number of alkyl halides is 2. The van der Waals surface area contributed by atoms with E-state index in [-0.39, 0.29) is 182 Å². The molecule has 2 heterocycles. The maximum absolute atomic E-state index is 12.7. The molecular formula is C64H86Cl3Cs2FN6O19. The molecule has 2 fully saturated rings. The number of rotatable bonds is 20. The van der Waals surface area contributed by atoms with E-state index in [0.29, 0.717) is 91.1 Å². The second kappa shape index (κ2) is 46.9. The summed E-state index contributed by atoms with van der Waals surface area (Å²) >= 11 is 17.0. The van der Waals surface area contributed by atoms with E-state index in [1.165, 1.54) is 23.6 Å². The van der Waals surface area contributed by atoms with Crippen LogP contribution in [0.1, 0.15) is 130 Å². The molecule has 4 aromatic carbocycles. The third-order valence-electron chi connectivity index (χ3n) is 12.6. The Morgan fingerprint density at radius 3 is 1.32 bits per heavy atom. The number of alkyl carbamates (subject to hydrolysis) is 2. The molecule has 31 heteroatoms. The van der Waals surface area contributed by atoms with E-state index in [1.54, 1.807) is 128 Å². The minimum Gasteiger partial charge on any atom is -1.00 e. The summed E-state index contributed by atoms with van der Waals surface area (Å²) in [4.78, 5) is 110. The summed E-state index contributed by atoms with van der Waals surface area (Å²) in [5, 5.41) is 29.9. The number of nitrogens with zero attached hydrogens (tertiary/aromatic N) is 2. The summed E-state index contributed by atoms with van der Waals surface area (Å²) in [7, 11) is -1.00. The van der Waals surface area contributed by atoms with Crippen LogP contribution in [0.25, 0.3) is 0 Å². The van der Waals surface area contributed by atoms with Crippen LogP contribution in [0.2, 0.25) is 10.0 Å². The molecule has 6 rings (SSSR count). The number of ether oxygens (including phenoxy) is 7. The fourth-order valence-electron chi connectivity index (χ4n) is 8.18. The maximum Gasteiger partial charge on any atom is 1.00 e. The number of halogens is 4. The standard InChI is InChI=1S/C31H40ClN3O8.C19H20ClNO4.C12H21ClN2O4.CH3F.CH2O3.2Cs.H/c1-30(2,3)43-28(38)34-24-7-6-18-35(19-24)29(39)41-20-40-27(37)31(4,5)42-25-14-8-21(9-15-25)16-17-33-26(36)22-10-12-23(32)13-11-22;1-19(2,18(23)24)25-16-9-3-13(4-10-16)11-12-21-17(22)14-5-7-15(20)8-6-14;1-12(2,3)19-10(16)14-9-5-4-6-15(7-9)11(17)18-8-13;1-2;2-1-4-3;;;/h8-15,24H,6-7,16-20H2,1-5H3,(H,33,36)(H,34,38);3-10H,11-12H2,1-2H3,(H,21,22)(H,23,24);9H,4-8H2,1-3H3,(H,14,16);1H3;1,3H;;;/q;;;;;2*+1;-1/p-1/t24-;;9-;;;;;/m1.1...../s1/i;;;1D;;;;. The third kappa shape index (κ3) is 38.6. The second-order valence-electron chi connectivity index (χ2n) is 23.4. The zero-order chi connectivity index (χ0) is 70.7. The first-order valence-electron chi connectivity index (χ1n) is 29.8. The number of aliphatic carboxylic acids is 1. The summed E-state index contributed by atoms with van der Waals surface area (Å²) < 4.78 is 52.3. The van der Waals surface area contributed by atoms with Crippen LogP contribution < -0.4 is 174 Å². The Morgan fingerprint density at radius 1 is 0.621 bits per heavy atom. The van der Waals surface area contributed by atoms with Gasteiger partial charge in [-0.05, 0) is 192 Å². The zero-order valence-corrected chi connectivity index (χ0v) is 70.6. The van der Waals surface area contributed by atoms with Gasteiger partial charge in [-0.25, -0.2) is 28.8 Å². The molecule has 0 bridgehead atoms. The molecule has 516 valence electrons. The van der Waals surface area contributed by atoms with E-state index in [2.05, 4.69) is 26.2 Å². The van der Waals surface area contributed by atoms with Crippen molar-refractivity contribution in [3.05, 3.63) is 129 Å². The van der Waals surface area contributed by atoms with E-state index in [4.69, 9.17) is 84.5 Å². The van der Waals surface area contributed by atoms with E-state index in [0.717, 1.165) is 24.0 Å². The predicted octanol–water partition coefficient (Wildman–Crippen LogP) is 4.10. The Hall–Kier alpha value is -4.23. The number of likely N-dealkylation sites (tertiary alicyclic amines) is 2. The molecule has 0 saturated carbocycles. The van der Waals surface area contributed by atoms with Crippen molar-refractivity contribution in [2.45, 2.75) is 142 Å². The minimum absolute atomic E-state index is 0. The van der Waals surface area contributed by atoms with Crippen molar-refractivity contribution < 1.29 is 237 Å². The van der Waals surface area contributed by atoms with Crippen molar-refractivity contribution >= 4 is 89.4 Å².